The van der Waals surface area contributed by atoms with Crippen LogP contribution < -0.4 is 5.32 Å². The molecule has 0 aromatic carbocycles. The molecule has 0 amide bonds. The lowest BCUT2D eigenvalue weighted by Crippen LogP contribution is -2.39. The Hall–Kier alpha value is -0.0800. The van der Waals surface area contributed by atoms with Gasteiger partial charge < -0.3 is 10.2 Å². The maximum atomic E-state index is 3.71. The number of hydrogen-bond donors (Lipinski definition) is 1. The molecule has 0 aromatic heterocycles. The summed E-state index contributed by atoms with van der Waals surface area (Å²) in [6.07, 6.45) is 7.18. The van der Waals surface area contributed by atoms with Crippen LogP contribution in [0.4, 0.5) is 0 Å². The molecule has 2 aliphatic rings. The maximum Gasteiger partial charge on any atom is 0.00671 e. The molecule has 0 bridgehead atoms. The Balaban J connectivity index is 1.57. The average Bonchev–Trinajstić information content (AvgIpc) is 3.11. The van der Waals surface area contributed by atoms with Crippen LogP contribution >= 0.6 is 0 Å². The lowest BCUT2D eigenvalue weighted by Gasteiger charge is -2.29. The second-order valence-corrected chi connectivity index (χ2v) is 6.00. The molecule has 1 saturated heterocycles. The first-order chi connectivity index (χ1) is 7.75. The molecule has 2 rings (SSSR count). The highest BCUT2D eigenvalue weighted by molar-refractivity contribution is 4.83. The van der Waals surface area contributed by atoms with Gasteiger partial charge in [-0.3, -0.25) is 0 Å². The Morgan fingerprint density at radius 1 is 1.12 bits per heavy atom. The second-order valence-electron chi connectivity index (χ2n) is 6.00. The molecule has 2 nitrogen and oxygen atoms in total. The second kappa shape index (κ2) is 6.02. The quantitative estimate of drug-likeness (QED) is 0.746. The maximum absolute atomic E-state index is 3.71. The van der Waals surface area contributed by atoms with Gasteiger partial charge in [-0.15, -0.1) is 0 Å². The van der Waals surface area contributed by atoms with Crippen LogP contribution in [0.2, 0.25) is 0 Å². The zero-order valence-corrected chi connectivity index (χ0v) is 11.0. The summed E-state index contributed by atoms with van der Waals surface area (Å²) in [5.74, 6) is 1.79. The van der Waals surface area contributed by atoms with Crippen molar-refractivity contribution in [2.75, 3.05) is 26.2 Å². The highest BCUT2D eigenvalue weighted by Crippen LogP contribution is 2.32. The van der Waals surface area contributed by atoms with Gasteiger partial charge >= 0.3 is 0 Å². The van der Waals surface area contributed by atoms with Crippen molar-refractivity contribution in [2.45, 2.75) is 52.0 Å². The third-order valence-corrected chi connectivity index (χ3v) is 4.14. The van der Waals surface area contributed by atoms with Gasteiger partial charge in [-0.1, -0.05) is 13.3 Å². The van der Waals surface area contributed by atoms with Crippen molar-refractivity contribution in [1.29, 1.82) is 0 Å². The van der Waals surface area contributed by atoms with Gasteiger partial charge in [0, 0.05) is 12.6 Å². The highest BCUT2D eigenvalue weighted by atomic mass is 15.1. The van der Waals surface area contributed by atoms with Crippen molar-refractivity contribution < 1.29 is 0 Å². The Morgan fingerprint density at radius 2 is 1.81 bits per heavy atom. The molecule has 94 valence electrons. The molecule has 2 heteroatoms. The SMILES string of the molecule is CC(CNC(C)C1CC1)CN1CCCCC1. The Bertz CT molecular complexity index is 195. The van der Waals surface area contributed by atoms with Crippen LogP contribution in [0.25, 0.3) is 0 Å². The molecule has 1 heterocycles. The molecule has 0 radical (unpaired) electrons. The van der Waals surface area contributed by atoms with Crippen molar-refractivity contribution in [2.24, 2.45) is 11.8 Å². The molecule has 1 saturated carbocycles. The minimum atomic E-state index is 0.754. The van der Waals surface area contributed by atoms with E-state index in [1.807, 2.05) is 0 Å². The first kappa shape index (κ1) is 12.4. The summed E-state index contributed by atoms with van der Waals surface area (Å²) in [6.45, 7) is 9.91. The van der Waals surface area contributed by atoms with Gasteiger partial charge in [0.15, 0.2) is 0 Å². The van der Waals surface area contributed by atoms with E-state index in [1.165, 1.54) is 58.3 Å². The number of rotatable bonds is 6. The smallest absolute Gasteiger partial charge is 0.00671 e. The Morgan fingerprint density at radius 3 is 2.44 bits per heavy atom. The molecule has 2 atom stereocenters. The minimum Gasteiger partial charge on any atom is -0.314 e. The van der Waals surface area contributed by atoms with E-state index >= 15 is 0 Å². The van der Waals surface area contributed by atoms with E-state index in [9.17, 15) is 0 Å². The van der Waals surface area contributed by atoms with E-state index < -0.39 is 0 Å². The van der Waals surface area contributed by atoms with Crippen LogP contribution in [0.15, 0.2) is 0 Å². The predicted octanol–water partition coefficient (Wildman–Crippen LogP) is 2.50. The fraction of sp³-hybridized carbons (Fsp3) is 1.00. The number of likely N-dealkylation sites (tertiary alicyclic amines) is 1. The minimum absolute atomic E-state index is 0.754. The fourth-order valence-corrected chi connectivity index (χ4v) is 2.80. The van der Waals surface area contributed by atoms with Crippen molar-refractivity contribution in [3.05, 3.63) is 0 Å². The van der Waals surface area contributed by atoms with Gasteiger partial charge in [0.25, 0.3) is 0 Å². The molecule has 0 aromatic rings. The van der Waals surface area contributed by atoms with E-state index in [1.54, 1.807) is 0 Å². The third kappa shape index (κ3) is 4.06. The van der Waals surface area contributed by atoms with Gasteiger partial charge in [0.2, 0.25) is 0 Å². The van der Waals surface area contributed by atoms with E-state index in [-0.39, 0.29) is 0 Å². The van der Waals surface area contributed by atoms with E-state index in [0.29, 0.717) is 0 Å². The third-order valence-electron chi connectivity index (χ3n) is 4.14. The Labute approximate surface area is 101 Å². The van der Waals surface area contributed by atoms with Crippen LogP contribution in [0, 0.1) is 11.8 Å². The summed E-state index contributed by atoms with van der Waals surface area (Å²) in [6, 6.07) is 0.754. The number of piperidine rings is 1. The normalized spacial score (nSPS) is 26.6. The molecule has 1 aliphatic heterocycles. The van der Waals surface area contributed by atoms with Gasteiger partial charge in [-0.2, -0.15) is 0 Å². The number of hydrogen-bond acceptors (Lipinski definition) is 2. The number of nitrogens with one attached hydrogen (secondary N) is 1. The van der Waals surface area contributed by atoms with Crippen LogP contribution in [-0.2, 0) is 0 Å². The van der Waals surface area contributed by atoms with E-state index in [2.05, 4.69) is 24.1 Å². The molecular formula is C14H28N2. The molecule has 1 aliphatic carbocycles. The van der Waals surface area contributed by atoms with Crippen molar-refractivity contribution in [3.8, 4) is 0 Å². The zero-order valence-electron chi connectivity index (χ0n) is 11.0. The summed E-state index contributed by atoms with van der Waals surface area (Å²) in [5.41, 5.74) is 0. The highest BCUT2D eigenvalue weighted by Gasteiger charge is 2.27. The van der Waals surface area contributed by atoms with Crippen molar-refractivity contribution in [3.63, 3.8) is 0 Å². The molecule has 16 heavy (non-hydrogen) atoms. The Kier molecular flexibility index (Phi) is 4.66. The summed E-state index contributed by atoms with van der Waals surface area (Å²) in [4.78, 5) is 2.65. The first-order valence-corrected chi connectivity index (χ1v) is 7.21. The summed E-state index contributed by atoms with van der Waals surface area (Å²) in [5, 5.41) is 3.71. The zero-order chi connectivity index (χ0) is 11.4. The molecule has 0 spiro atoms. The molecule has 2 unspecified atom stereocenters. The van der Waals surface area contributed by atoms with Crippen LogP contribution in [0.1, 0.15) is 46.0 Å². The average molecular weight is 224 g/mol. The topological polar surface area (TPSA) is 15.3 Å². The molecule has 2 fully saturated rings. The lowest BCUT2D eigenvalue weighted by molar-refractivity contribution is 0.197. The van der Waals surface area contributed by atoms with Gasteiger partial charge in [-0.05, 0) is 64.1 Å². The van der Waals surface area contributed by atoms with E-state index in [0.717, 1.165) is 17.9 Å². The predicted molar refractivity (Wildman–Crippen MR) is 69.6 cm³/mol. The van der Waals surface area contributed by atoms with Crippen molar-refractivity contribution in [1.82, 2.24) is 10.2 Å². The summed E-state index contributed by atoms with van der Waals surface area (Å²) >= 11 is 0. The molecule has 1 N–H and O–H groups in total. The monoisotopic (exact) mass is 224 g/mol. The van der Waals surface area contributed by atoms with Crippen LogP contribution in [0.5, 0.6) is 0 Å². The lowest BCUT2D eigenvalue weighted by atomic mass is 10.1. The van der Waals surface area contributed by atoms with Gasteiger partial charge in [0.1, 0.15) is 0 Å². The summed E-state index contributed by atoms with van der Waals surface area (Å²) < 4.78 is 0. The first-order valence-electron chi connectivity index (χ1n) is 7.21. The van der Waals surface area contributed by atoms with Gasteiger partial charge in [-0.25, -0.2) is 0 Å². The van der Waals surface area contributed by atoms with Crippen LogP contribution in [-0.4, -0.2) is 37.1 Å². The van der Waals surface area contributed by atoms with E-state index in [4.69, 9.17) is 0 Å². The largest absolute Gasteiger partial charge is 0.314 e. The van der Waals surface area contributed by atoms with Crippen molar-refractivity contribution >= 4 is 0 Å². The fourth-order valence-electron chi connectivity index (χ4n) is 2.80. The standard InChI is InChI=1S/C14H28N2/c1-12(10-15-13(2)14-6-7-14)11-16-8-4-3-5-9-16/h12-15H,3-11H2,1-2H3. The molecular weight excluding hydrogens is 196 g/mol. The van der Waals surface area contributed by atoms with Crippen LogP contribution in [0.3, 0.4) is 0 Å². The van der Waals surface area contributed by atoms with Gasteiger partial charge in [0.05, 0.1) is 0 Å². The number of nitrogens with zero attached hydrogens (tertiary/aromatic N) is 1. The summed E-state index contributed by atoms with van der Waals surface area (Å²) in [7, 11) is 0.